The van der Waals surface area contributed by atoms with Crippen molar-refractivity contribution in [1.29, 1.82) is 0 Å². The van der Waals surface area contributed by atoms with E-state index in [9.17, 15) is 4.79 Å². The fraction of sp³-hybridized carbons (Fsp3) is 0.417. The van der Waals surface area contributed by atoms with Crippen molar-refractivity contribution in [1.82, 2.24) is 9.88 Å². The molecule has 6 heteroatoms. The monoisotopic (exact) mass is 423 g/mol. The molecule has 158 valence electrons. The van der Waals surface area contributed by atoms with Gasteiger partial charge in [0.05, 0.1) is 23.2 Å². The molecule has 3 aromatic rings. The number of hydrogen-bond donors (Lipinski definition) is 0. The highest BCUT2D eigenvalue weighted by Gasteiger charge is 2.23. The van der Waals surface area contributed by atoms with Crippen LogP contribution >= 0.6 is 11.3 Å². The molecule has 1 fully saturated rings. The highest BCUT2D eigenvalue weighted by atomic mass is 32.1. The van der Waals surface area contributed by atoms with Crippen LogP contribution in [0.25, 0.3) is 10.2 Å². The van der Waals surface area contributed by atoms with Crippen molar-refractivity contribution in [2.75, 3.05) is 37.7 Å². The number of aromatic nitrogens is 1. The topological polar surface area (TPSA) is 45.7 Å². The highest BCUT2D eigenvalue weighted by Crippen LogP contribution is 2.30. The molecule has 1 saturated heterocycles. The molecule has 5 nitrogen and oxygen atoms in total. The number of thiazole rings is 1. The Bertz CT molecular complexity index is 991. The first kappa shape index (κ1) is 20.7. The maximum Gasteiger partial charge on any atom is 0.226 e. The standard InChI is InChI=1S/C24H29N3O2S/c1-3-18-5-8-20(9-6-18)29-16-11-23(28)26-12-14-27(15-13-26)24-25-21-10-7-19(4-2)17-22(21)30-24/h5-10,17H,3-4,11-16H2,1-2H3. The van der Waals surface area contributed by atoms with E-state index in [2.05, 4.69) is 49.1 Å². The van der Waals surface area contributed by atoms with Crippen LogP contribution in [0, 0.1) is 0 Å². The quantitative estimate of drug-likeness (QED) is 0.560. The number of nitrogens with zero attached hydrogens (tertiary/aromatic N) is 3. The number of ether oxygens (including phenoxy) is 1. The number of hydrogen-bond acceptors (Lipinski definition) is 5. The fourth-order valence-electron chi connectivity index (χ4n) is 3.69. The van der Waals surface area contributed by atoms with Gasteiger partial charge in [0.1, 0.15) is 5.75 Å². The van der Waals surface area contributed by atoms with Gasteiger partial charge >= 0.3 is 0 Å². The second-order valence-corrected chi connectivity index (χ2v) is 8.62. The molecule has 0 atom stereocenters. The van der Waals surface area contributed by atoms with Crippen LogP contribution in [0.2, 0.25) is 0 Å². The smallest absolute Gasteiger partial charge is 0.226 e. The summed E-state index contributed by atoms with van der Waals surface area (Å²) in [5.74, 6) is 0.989. The Kier molecular flexibility index (Phi) is 6.53. The summed E-state index contributed by atoms with van der Waals surface area (Å²) >= 11 is 1.75. The molecule has 0 bridgehead atoms. The number of aryl methyl sites for hydroxylation is 2. The molecule has 0 aliphatic carbocycles. The lowest BCUT2D eigenvalue weighted by Crippen LogP contribution is -2.49. The lowest BCUT2D eigenvalue weighted by atomic mass is 10.2. The minimum atomic E-state index is 0.164. The minimum Gasteiger partial charge on any atom is -0.493 e. The largest absolute Gasteiger partial charge is 0.493 e. The Morgan fingerprint density at radius 1 is 1.00 bits per heavy atom. The number of rotatable bonds is 7. The van der Waals surface area contributed by atoms with Gasteiger partial charge in [-0.15, -0.1) is 0 Å². The van der Waals surface area contributed by atoms with Crippen LogP contribution in [0.5, 0.6) is 5.75 Å². The summed E-state index contributed by atoms with van der Waals surface area (Å²) in [5, 5.41) is 1.06. The fourth-order valence-corrected chi connectivity index (χ4v) is 4.78. The van der Waals surface area contributed by atoms with Crippen LogP contribution in [-0.4, -0.2) is 48.6 Å². The van der Waals surface area contributed by atoms with Gasteiger partial charge in [-0.25, -0.2) is 4.98 Å². The number of anilines is 1. The van der Waals surface area contributed by atoms with Gasteiger partial charge < -0.3 is 14.5 Å². The first-order valence-electron chi connectivity index (χ1n) is 10.8. The Hall–Kier alpha value is -2.60. The predicted octanol–water partition coefficient (Wildman–Crippen LogP) is 4.54. The Balaban J connectivity index is 1.26. The summed E-state index contributed by atoms with van der Waals surface area (Å²) in [5.41, 5.74) is 3.70. The molecule has 2 heterocycles. The molecule has 0 spiro atoms. The number of fused-ring (bicyclic) bond motifs is 1. The van der Waals surface area contributed by atoms with Crippen LogP contribution in [0.1, 0.15) is 31.4 Å². The predicted molar refractivity (Wildman–Crippen MR) is 124 cm³/mol. The van der Waals surface area contributed by atoms with E-state index in [0.717, 1.165) is 55.4 Å². The minimum absolute atomic E-state index is 0.164. The Labute approximate surface area is 182 Å². The number of carbonyl (C=O) groups excluding carboxylic acids is 1. The zero-order valence-corrected chi connectivity index (χ0v) is 18.6. The molecule has 0 N–H and O–H groups in total. The molecule has 4 rings (SSSR count). The van der Waals surface area contributed by atoms with Crippen molar-refractivity contribution in [3.8, 4) is 5.75 Å². The molecule has 2 aromatic carbocycles. The van der Waals surface area contributed by atoms with Crippen LogP contribution in [0.3, 0.4) is 0 Å². The lowest BCUT2D eigenvalue weighted by Gasteiger charge is -2.34. The van der Waals surface area contributed by atoms with E-state index in [1.165, 1.54) is 15.8 Å². The van der Waals surface area contributed by atoms with Crippen molar-refractivity contribution in [2.45, 2.75) is 33.1 Å². The summed E-state index contributed by atoms with van der Waals surface area (Å²) in [6.07, 6.45) is 2.47. The molecule has 1 aliphatic rings. The molecule has 1 aliphatic heterocycles. The van der Waals surface area contributed by atoms with E-state index in [4.69, 9.17) is 9.72 Å². The maximum absolute atomic E-state index is 12.6. The number of carbonyl (C=O) groups is 1. The SMILES string of the molecule is CCc1ccc(OCCC(=O)N2CCN(c3nc4ccc(CC)cc4s3)CC2)cc1. The average Bonchev–Trinajstić information content (AvgIpc) is 3.23. The highest BCUT2D eigenvalue weighted by molar-refractivity contribution is 7.22. The third kappa shape index (κ3) is 4.75. The molecule has 0 unspecified atom stereocenters. The Morgan fingerprint density at radius 3 is 2.40 bits per heavy atom. The van der Waals surface area contributed by atoms with Crippen molar-refractivity contribution >= 4 is 32.6 Å². The van der Waals surface area contributed by atoms with E-state index in [1.807, 2.05) is 17.0 Å². The van der Waals surface area contributed by atoms with Crippen molar-refractivity contribution in [3.63, 3.8) is 0 Å². The summed E-state index contributed by atoms with van der Waals surface area (Å²) in [6, 6.07) is 14.6. The van der Waals surface area contributed by atoms with Crippen LogP contribution in [0.4, 0.5) is 5.13 Å². The van der Waals surface area contributed by atoms with E-state index < -0.39 is 0 Å². The van der Waals surface area contributed by atoms with Gasteiger partial charge in [-0.2, -0.15) is 0 Å². The lowest BCUT2D eigenvalue weighted by molar-refractivity contribution is -0.132. The van der Waals surface area contributed by atoms with Crippen molar-refractivity contribution in [2.24, 2.45) is 0 Å². The second-order valence-electron chi connectivity index (χ2n) is 7.62. The molecule has 1 amide bonds. The average molecular weight is 424 g/mol. The van der Waals surface area contributed by atoms with Gasteiger partial charge in [-0.05, 0) is 48.2 Å². The molecule has 30 heavy (non-hydrogen) atoms. The molecular formula is C24H29N3O2S. The second kappa shape index (κ2) is 9.47. The first-order valence-corrected chi connectivity index (χ1v) is 11.6. The number of amides is 1. The summed E-state index contributed by atoms with van der Waals surface area (Å²) in [6.45, 7) is 7.85. The van der Waals surface area contributed by atoms with Gasteiger partial charge in [0.15, 0.2) is 5.13 Å². The summed E-state index contributed by atoms with van der Waals surface area (Å²) in [7, 11) is 0. The van der Waals surface area contributed by atoms with Crippen molar-refractivity contribution < 1.29 is 9.53 Å². The van der Waals surface area contributed by atoms with Gasteiger partial charge in [0, 0.05) is 26.2 Å². The van der Waals surface area contributed by atoms with Crippen LogP contribution in [0.15, 0.2) is 42.5 Å². The van der Waals surface area contributed by atoms with Crippen LogP contribution < -0.4 is 9.64 Å². The van der Waals surface area contributed by atoms with Gasteiger partial charge in [-0.3, -0.25) is 4.79 Å². The van der Waals surface area contributed by atoms with E-state index >= 15 is 0 Å². The summed E-state index contributed by atoms with van der Waals surface area (Å²) < 4.78 is 6.99. The van der Waals surface area contributed by atoms with Gasteiger partial charge in [0.2, 0.25) is 5.91 Å². The van der Waals surface area contributed by atoms with E-state index in [0.29, 0.717) is 13.0 Å². The van der Waals surface area contributed by atoms with E-state index in [1.54, 1.807) is 11.3 Å². The Morgan fingerprint density at radius 2 is 1.70 bits per heavy atom. The molecule has 0 radical (unpaired) electrons. The molecular weight excluding hydrogens is 394 g/mol. The summed E-state index contributed by atoms with van der Waals surface area (Å²) in [4.78, 5) is 21.6. The third-order valence-electron chi connectivity index (χ3n) is 5.67. The number of benzene rings is 2. The van der Waals surface area contributed by atoms with Gasteiger partial charge in [0.25, 0.3) is 0 Å². The van der Waals surface area contributed by atoms with Gasteiger partial charge in [-0.1, -0.05) is 43.4 Å². The molecule has 1 aromatic heterocycles. The number of piperazine rings is 1. The third-order valence-corrected chi connectivity index (χ3v) is 6.75. The van der Waals surface area contributed by atoms with Crippen molar-refractivity contribution in [3.05, 3.63) is 53.6 Å². The molecule has 0 saturated carbocycles. The normalized spacial score (nSPS) is 14.3. The first-order chi connectivity index (χ1) is 14.7. The zero-order valence-electron chi connectivity index (χ0n) is 17.8. The zero-order chi connectivity index (χ0) is 20.9. The maximum atomic E-state index is 12.6. The van der Waals surface area contributed by atoms with E-state index in [-0.39, 0.29) is 5.91 Å². The van der Waals surface area contributed by atoms with Crippen LogP contribution in [-0.2, 0) is 17.6 Å².